The first-order valence-corrected chi connectivity index (χ1v) is 8.43. The van der Waals surface area contributed by atoms with E-state index in [1.165, 1.54) is 7.11 Å². The molecule has 5 nitrogen and oxygen atoms in total. The third kappa shape index (κ3) is 4.13. The number of methoxy groups -OCH3 is 1. The van der Waals surface area contributed by atoms with Crippen molar-refractivity contribution in [2.45, 2.75) is 6.92 Å². The lowest BCUT2D eigenvalue weighted by Gasteiger charge is -2.11. The molecule has 3 rings (SSSR count). The number of terminal acetylenes is 1. The van der Waals surface area contributed by atoms with Crippen LogP contribution < -0.4 is 9.47 Å². The van der Waals surface area contributed by atoms with Gasteiger partial charge in [-0.3, -0.25) is 0 Å². The van der Waals surface area contributed by atoms with Crippen molar-refractivity contribution in [1.29, 1.82) is 0 Å². The Balaban J connectivity index is 1.95. The normalized spacial score (nSPS) is 14.5. The molecule has 0 bridgehead atoms. The van der Waals surface area contributed by atoms with Gasteiger partial charge in [-0.15, -0.1) is 6.42 Å². The second-order valence-corrected chi connectivity index (χ2v) is 6.14. The van der Waals surface area contributed by atoms with Gasteiger partial charge in [0.1, 0.15) is 6.61 Å². The quantitative estimate of drug-likeness (QED) is 0.446. The maximum absolute atomic E-state index is 12.2. The summed E-state index contributed by atoms with van der Waals surface area (Å²) in [5.74, 6) is 2.85. The summed E-state index contributed by atoms with van der Waals surface area (Å²) in [5, 5.41) is 0.311. The number of carbonyl (C=O) groups excluding carboxylic acids is 1. The number of carbonyl (C=O) groups is 1. The molecule has 0 amide bonds. The number of halogens is 1. The third-order valence-corrected chi connectivity index (χ3v) is 4.02. The van der Waals surface area contributed by atoms with Crippen LogP contribution in [0.3, 0.4) is 0 Å². The number of benzene rings is 2. The van der Waals surface area contributed by atoms with Crippen molar-refractivity contribution < 1.29 is 19.0 Å². The molecule has 1 aliphatic rings. The molecule has 27 heavy (non-hydrogen) atoms. The van der Waals surface area contributed by atoms with Crippen LogP contribution in [0.4, 0.5) is 0 Å². The molecule has 1 heterocycles. The van der Waals surface area contributed by atoms with Gasteiger partial charge in [-0.1, -0.05) is 35.2 Å². The highest BCUT2D eigenvalue weighted by Gasteiger charge is 2.24. The van der Waals surface area contributed by atoms with E-state index in [2.05, 4.69) is 10.9 Å². The van der Waals surface area contributed by atoms with E-state index in [-0.39, 0.29) is 18.2 Å². The molecule has 0 unspecified atom stereocenters. The summed E-state index contributed by atoms with van der Waals surface area (Å²) in [6.45, 7) is 2.02. The molecule has 0 atom stereocenters. The van der Waals surface area contributed by atoms with E-state index in [0.717, 1.165) is 11.1 Å². The van der Waals surface area contributed by atoms with Gasteiger partial charge in [-0.25, -0.2) is 9.79 Å². The number of hydrogen-bond donors (Lipinski definition) is 0. The predicted octanol–water partition coefficient (Wildman–Crippen LogP) is 4.01. The molecule has 0 aliphatic carbocycles. The summed E-state index contributed by atoms with van der Waals surface area (Å²) >= 11 is 6.26. The zero-order valence-corrected chi connectivity index (χ0v) is 15.5. The molecule has 0 saturated carbocycles. The van der Waals surface area contributed by atoms with Crippen molar-refractivity contribution in [3.63, 3.8) is 0 Å². The van der Waals surface area contributed by atoms with Crippen LogP contribution in [0.15, 0.2) is 47.1 Å². The lowest BCUT2D eigenvalue weighted by atomic mass is 10.1. The van der Waals surface area contributed by atoms with E-state index in [1.807, 2.05) is 31.2 Å². The first-order valence-electron chi connectivity index (χ1n) is 8.05. The molecular weight excluding hydrogens is 366 g/mol. The number of aliphatic imine (C=N–C) groups is 1. The summed E-state index contributed by atoms with van der Waals surface area (Å²) in [6, 6.07) is 10.9. The Morgan fingerprint density at radius 1 is 1.33 bits per heavy atom. The van der Waals surface area contributed by atoms with Gasteiger partial charge in [-0.2, -0.15) is 0 Å². The number of cyclic esters (lactones) is 1. The SMILES string of the molecule is C#CCOc1c(Cl)cc(C=C2N=C(c3cccc(C)c3)OC2=O)cc1OC. The predicted molar refractivity (Wildman–Crippen MR) is 104 cm³/mol. The van der Waals surface area contributed by atoms with Crippen LogP contribution in [0.5, 0.6) is 11.5 Å². The topological polar surface area (TPSA) is 57.1 Å². The zero-order chi connectivity index (χ0) is 19.4. The second kappa shape index (κ2) is 7.98. The minimum atomic E-state index is -0.533. The summed E-state index contributed by atoms with van der Waals surface area (Å²) in [4.78, 5) is 16.5. The van der Waals surface area contributed by atoms with Crippen LogP contribution in [0, 0.1) is 19.3 Å². The van der Waals surface area contributed by atoms with Gasteiger partial charge >= 0.3 is 5.97 Å². The average Bonchev–Trinajstić information content (AvgIpc) is 3.01. The van der Waals surface area contributed by atoms with E-state index in [0.29, 0.717) is 22.1 Å². The Morgan fingerprint density at radius 2 is 2.15 bits per heavy atom. The fourth-order valence-electron chi connectivity index (χ4n) is 2.55. The molecular formula is C21H16ClNO4. The highest BCUT2D eigenvalue weighted by Crippen LogP contribution is 2.37. The van der Waals surface area contributed by atoms with Gasteiger partial charge in [0.15, 0.2) is 17.2 Å². The largest absolute Gasteiger partial charge is 0.493 e. The maximum Gasteiger partial charge on any atom is 0.363 e. The fourth-order valence-corrected chi connectivity index (χ4v) is 2.82. The lowest BCUT2D eigenvalue weighted by Crippen LogP contribution is -2.05. The monoisotopic (exact) mass is 381 g/mol. The summed E-state index contributed by atoms with van der Waals surface area (Å²) in [6.07, 6.45) is 6.78. The molecule has 2 aromatic carbocycles. The van der Waals surface area contributed by atoms with Gasteiger partial charge in [0.2, 0.25) is 5.90 Å². The van der Waals surface area contributed by atoms with E-state index in [9.17, 15) is 4.79 Å². The Kier molecular flexibility index (Phi) is 5.49. The van der Waals surface area contributed by atoms with Gasteiger partial charge in [-0.05, 0) is 42.8 Å². The van der Waals surface area contributed by atoms with Gasteiger partial charge in [0.25, 0.3) is 0 Å². The molecule has 0 fully saturated rings. The highest BCUT2D eigenvalue weighted by atomic mass is 35.5. The van der Waals surface area contributed by atoms with E-state index >= 15 is 0 Å². The summed E-state index contributed by atoms with van der Waals surface area (Å²) in [7, 11) is 1.49. The second-order valence-electron chi connectivity index (χ2n) is 5.73. The Hall–Kier alpha value is -3.23. The maximum atomic E-state index is 12.2. The minimum absolute atomic E-state index is 0.0625. The van der Waals surface area contributed by atoms with Crippen molar-refractivity contribution >= 4 is 29.5 Å². The number of esters is 1. The molecule has 0 N–H and O–H groups in total. The van der Waals surface area contributed by atoms with Gasteiger partial charge in [0.05, 0.1) is 12.1 Å². The van der Waals surface area contributed by atoms with Crippen molar-refractivity contribution in [3.05, 3.63) is 63.8 Å². The molecule has 0 spiro atoms. The van der Waals surface area contributed by atoms with Gasteiger partial charge < -0.3 is 14.2 Å². The van der Waals surface area contributed by atoms with E-state index in [4.69, 9.17) is 32.2 Å². The Morgan fingerprint density at radius 3 is 2.85 bits per heavy atom. The molecule has 0 aromatic heterocycles. The number of rotatable bonds is 5. The van der Waals surface area contributed by atoms with Crippen molar-refractivity contribution in [3.8, 4) is 23.8 Å². The molecule has 2 aromatic rings. The average molecular weight is 382 g/mol. The van der Waals surface area contributed by atoms with Crippen LogP contribution in [-0.4, -0.2) is 25.6 Å². The van der Waals surface area contributed by atoms with Crippen LogP contribution in [-0.2, 0) is 9.53 Å². The molecule has 0 radical (unpaired) electrons. The van der Waals surface area contributed by atoms with Crippen LogP contribution in [0.2, 0.25) is 5.02 Å². The first kappa shape index (κ1) is 18.6. The van der Waals surface area contributed by atoms with Crippen LogP contribution in [0.1, 0.15) is 16.7 Å². The number of nitrogens with zero attached hydrogens (tertiary/aromatic N) is 1. The van der Waals surface area contributed by atoms with E-state index in [1.54, 1.807) is 18.2 Å². The van der Waals surface area contributed by atoms with Crippen molar-refractivity contribution in [2.24, 2.45) is 4.99 Å². The first-order chi connectivity index (χ1) is 13.0. The van der Waals surface area contributed by atoms with E-state index < -0.39 is 5.97 Å². The number of aryl methyl sites for hydroxylation is 1. The van der Waals surface area contributed by atoms with Crippen molar-refractivity contribution in [1.82, 2.24) is 0 Å². The van der Waals surface area contributed by atoms with Crippen LogP contribution >= 0.6 is 11.6 Å². The molecule has 136 valence electrons. The summed E-state index contributed by atoms with van der Waals surface area (Å²) < 4.78 is 16.0. The highest BCUT2D eigenvalue weighted by molar-refractivity contribution is 6.32. The fraction of sp³-hybridized carbons (Fsp3) is 0.143. The summed E-state index contributed by atoms with van der Waals surface area (Å²) in [5.41, 5.74) is 2.57. The standard InChI is InChI=1S/C21H16ClNO4/c1-4-8-26-19-16(22)10-14(12-18(19)25-3)11-17-21(24)27-20(23-17)15-7-5-6-13(2)9-15/h1,5-7,9-12H,8H2,2-3H3. The lowest BCUT2D eigenvalue weighted by molar-refractivity contribution is -0.129. The van der Waals surface area contributed by atoms with Gasteiger partial charge in [0, 0.05) is 5.56 Å². The molecule has 0 saturated heterocycles. The third-order valence-electron chi connectivity index (χ3n) is 3.74. The smallest absolute Gasteiger partial charge is 0.363 e. The molecule has 6 heteroatoms. The number of hydrogen-bond acceptors (Lipinski definition) is 5. The number of ether oxygens (including phenoxy) is 3. The van der Waals surface area contributed by atoms with Crippen LogP contribution in [0.25, 0.3) is 6.08 Å². The molecule has 1 aliphatic heterocycles. The Bertz CT molecular complexity index is 1000. The minimum Gasteiger partial charge on any atom is -0.493 e. The van der Waals surface area contributed by atoms with Crippen molar-refractivity contribution in [2.75, 3.05) is 13.7 Å². The zero-order valence-electron chi connectivity index (χ0n) is 14.8. The Labute approximate surface area is 162 Å².